The molecule has 1 fully saturated rings. The van der Waals surface area contributed by atoms with Gasteiger partial charge in [0.15, 0.2) is 0 Å². The average Bonchev–Trinajstić information content (AvgIpc) is 2.78. The molecule has 1 aliphatic heterocycles. The molecule has 0 saturated carbocycles. The lowest BCUT2D eigenvalue weighted by Gasteiger charge is -2.32. The minimum atomic E-state index is 0.0199. The van der Waals surface area contributed by atoms with Crippen LogP contribution >= 0.6 is 0 Å². The molecule has 7 heteroatoms. The van der Waals surface area contributed by atoms with Crippen LogP contribution < -0.4 is 5.32 Å². The number of nitrogens with one attached hydrogen (secondary N) is 1. The molecule has 0 spiro atoms. The highest BCUT2D eigenvalue weighted by Gasteiger charge is 2.24. The van der Waals surface area contributed by atoms with Crippen molar-refractivity contribution in [3.63, 3.8) is 0 Å². The summed E-state index contributed by atoms with van der Waals surface area (Å²) in [4.78, 5) is 32.3. The molecule has 4 rings (SSSR count). The molecule has 0 unspecified atom stereocenters. The lowest BCUT2D eigenvalue weighted by atomic mass is 9.94. The van der Waals surface area contributed by atoms with Crippen LogP contribution in [0.2, 0.25) is 0 Å². The second kappa shape index (κ2) is 9.47. The number of pyridine rings is 2. The summed E-state index contributed by atoms with van der Waals surface area (Å²) in [7, 11) is 0. The number of nitrogens with zero attached hydrogens (tertiary/aromatic N) is 5. The number of piperidine rings is 1. The van der Waals surface area contributed by atoms with Gasteiger partial charge in [-0.1, -0.05) is 12.1 Å². The Labute approximate surface area is 182 Å². The molecule has 0 aliphatic carbocycles. The van der Waals surface area contributed by atoms with E-state index in [1.54, 1.807) is 18.5 Å². The Kier molecular flexibility index (Phi) is 6.31. The highest BCUT2D eigenvalue weighted by Crippen LogP contribution is 2.27. The van der Waals surface area contributed by atoms with Crippen molar-refractivity contribution >= 4 is 23.7 Å². The minimum absolute atomic E-state index is 0.0199. The second-order valence-electron chi connectivity index (χ2n) is 7.79. The first-order chi connectivity index (χ1) is 15.1. The van der Waals surface area contributed by atoms with E-state index in [9.17, 15) is 4.79 Å². The largest absolute Gasteiger partial charge is 0.338 e. The maximum atomic E-state index is 12.7. The van der Waals surface area contributed by atoms with Crippen molar-refractivity contribution in [3.05, 3.63) is 77.5 Å². The fraction of sp³-hybridized carbons (Fsp3) is 0.292. The van der Waals surface area contributed by atoms with Crippen LogP contribution in [0.5, 0.6) is 0 Å². The van der Waals surface area contributed by atoms with Gasteiger partial charge in [-0.05, 0) is 62.6 Å². The maximum absolute atomic E-state index is 12.7. The first-order valence-electron chi connectivity index (χ1n) is 10.5. The smallest absolute Gasteiger partial charge is 0.246 e. The number of anilines is 2. The van der Waals surface area contributed by atoms with Gasteiger partial charge >= 0.3 is 0 Å². The number of hydrogen-bond acceptors (Lipinski definition) is 6. The van der Waals surface area contributed by atoms with Gasteiger partial charge in [-0.3, -0.25) is 9.78 Å². The van der Waals surface area contributed by atoms with E-state index >= 15 is 0 Å². The van der Waals surface area contributed by atoms with Gasteiger partial charge in [-0.2, -0.15) is 0 Å². The Bertz CT molecular complexity index is 1060. The van der Waals surface area contributed by atoms with Crippen LogP contribution in [0.15, 0.2) is 54.9 Å². The molecular weight excluding hydrogens is 388 g/mol. The SMILES string of the molecule is Cc1cc(C)nc(Nc2cccc([C@@H]3CCCN(C(=O)/C=C/c4cccnc4)C3)n2)n1. The van der Waals surface area contributed by atoms with E-state index in [2.05, 4.69) is 20.3 Å². The van der Waals surface area contributed by atoms with Crippen LogP contribution in [0.4, 0.5) is 11.8 Å². The molecule has 3 aromatic rings. The van der Waals surface area contributed by atoms with Crippen molar-refractivity contribution in [2.75, 3.05) is 18.4 Å². The number of amides is 1. The average molecular weight is 415 g/mol. The zero-order valence-corrected chi connectivity index (χ0v) is 17.8. The van der Waals surface area contributed by atoms with E-state index in [1.807, 2.05) is 61.2 Å². The summed E-state index contributed by atoms with van der Waals surface area (Å²) >= 11 is 0. The zero-order valence-electron chi connectivity index (χ0n) is 17.8. The number of aromatic nitrogens is 4. The van der Waals surface area contributed by atoms with Crippen LogP contribution in [-0.2, 0) is 4.79 Å². The predicted octanol–water partition coefficient (Wildman–Crippen LogP) is 4.05. The third-order valence-corrected chi connectivity index (χ3v) is 5.25. The van der Waals surface area contributed by atoms with Gasteiger partial charge in [0.2, 0.25) is 11.9 Å². The molecule has 1 atom stereocenters. The highest BCUT2D eigenvalue weighted by atomic mass is 16.2. The van der Waals surface area contributed by atoms with E-state index in [4.69, 9.17) is 4.98 Å². The molecule has 1 amide bonds. The molecular formula is C24H26N6O. The third kappa shape index (κ3) is 5.51. The molecule has 1 saturated heterocycles. The van der Waals surface area contributed by atoms with Gasteiger partial charge in [0.1, 0.15) is 5.82 Å². The summed E-state index contributed by atoms with van der Waals surface area (Å²) in [5, 5.41) is 3.21. The Balaban J connectivity index is 1.44. The highest BCUT2D eigenvalue weighted by molar-refractivity contribution is 5.91. The van der Waals surface area contributed by atoms with Crippen molar-refractivity contribution in [2.24, 2.45) is 0 Å². The van der Waals surface area contributed by atoms with Crippen molar-refractivity contribution in [1.29, 1.82) is 0 Å². The van der Waals surface area contributed by atoms with Crippen molar-refractivity contribution < 1.29 is 4.79 Å². The monoisotopic (exact) mass is 414 g/mol. The predicted molar refractivity (Wildman–Crippen MR) is 121 cm³/mol. The number of aryl methyl sites for hydroxylation is 2. The van der Waals surface area contributed by atoms with Gasteiger partial charge < -0.3 is 10.2 Å². The molecule has 1 N–H and O–H groups in total. The molecule has 0 radical (unpaired) electrons. The van der Waals surface area contributed by atoms with Gasteiger partial charge in [0.25, 0.3) is 0 Å². The van der Waals surface area contributed by atoms with Gasteiger partial charge in [-0.25, -0.2) is 15.0 Å². The first-order valence-corrected chi connectivity index (χ1v) is 10.5. The van der Waals surface area contributed by atoms with Crippen LogP contribution in [0.1, 0.15) is 41.4 Å². The van der Waals surface area contributed by atoms with Gasteiger partial charge in [0.05, 0.1) is 0 Å². The van der Waals surface area contributed by atoms with Crippen molar-refractivity contribution in [1.82, 2.24) is 24.8 Å². The quantitative estimate of drug-likeness (QED) is 0.634. The standard InChI is InChI=1S/C24H26N6O/c1-17-14-18(2)27-24(26-17)29-22-9-3-8-21(28-22)20-7-5-13-30(16-20)23(31)11-10-19-6-4-12-25-15-19/h3-4,6,8-12,14-15,20H,5,7,13,16H2,1-2H3,(H,26,27,28,29)/b11-10+/t20-/m1/s1. The minimum Gasteiger partial charge on any atom is -0.338 e. The van der Waals surface area contributed by atoms with Crippen LogP contribution in [0.25, 0.3) is 6.08 Å². The van der Waals surface area contributed by atoms with Crippen molar-refractivity contribution in [2.45, 2.75) is 32.6 Å². The van der Waals surface area contributed by atoms with E-state index < -0.39 is 0 Å². The van der Waals surface area contributed by atoms with E-state index in [-0.39, 0.29) is 11.8 Å². The fourth-order valence-electron chi connectivity index (χ4n) is 3.81. The Hall–Kier alpha value is -3.61. The molecule has 0 bridgehead atoms. The Morgan fingerprint density at radius 2 is 1.97 bits per heavy atom. The van der Waals surface area contributed by atoms with E-state index in [0.29, 0.717) is 18.3 Å². The van der Waals surface area contributed by atoms with Crippen LogP contribution in [0, 0.1) is 13.8 Å². The number of carbonyl (C=O) groups excluding carboxylic acids is 1. The topological polar surface area (TPSA) is 83.9 Å². The van der Waals surface area contributed by atoms with Crippen LogP contribution in [-0.4, -0.2) is 43.8 Å². The summed E-state index contributed by atoms with van der Waals surface area (Å²) < 4.78 is 0. The molecule has 3 aromatic heterocycles. The lowest BCUT2D eigenvalue weighted by Crippen LogP contribution is -2.38. The molecule has 4 heterocycles. The molecule has 158 valence electrons. The summed E-state index contributed by atoms with van der Waals surface area (Å²) in [6.45, 7) is 5.31. The Morgan fingerprint density at radius 3 is 2.74 bits per heavy atom. The maximum Gasteiger partial charge on any atom is 0.246 e. The summed E-state index contributed by atoms with van der Waals surface area (Å²) in [5.74, 6) is 1.48. The summed E-state index contributed by atoms with van der Waals surface area (Å²) in [6.07, 6.45) is 8.86. The fourth-order valence-corrected chi connectivity index (χ4v) is 3.81. The number of likely N-dealkylation sites (tertiary alicyclic amines) is 1. The second-order valence-corrected chi connectivity index (χ2v) is 7.79. The zero-order chi connectivity index (χ0) is 21.6. The van der Waals surface area contributed by atoms with E-state index in [0.717, 1.165) is 42.0 Å². The van der Waals surface area contributed by atoms with Crippen LogP contribution in [0.3, 0.4) is 0 Å². The third-order valence-electron chi connectivity index (χ3n) is 5.25. The van der Waals surface area contributed by atoms with Crippen molar-refractivity contribution in [3.8, 4) is 0 Å². The number of rotatable bonds is 5. The van der Waals surface area contributed by atoms with Gasteiger partial charge in [-0.15, -0.1) is 0 Å². The molecule has 7 nitrogen and oxygen atoms in total. The molecule has 31 heavy (non-hydrogen) atoms. The number of carbonyl (C=O) groups is 1. The first kappa shape index (κ1) is 20.7. The molecule has 1 aliphatic rings. The molecule has 0 aromatic carbocycles. The lowest BCUT2D eigenvalue weighted by molar-refractivity contribution is -0.127. The summed E-state index contributed by atoms with van der Waals surface area (Å²) in [5.41, 5.74) is 3.71. The summed E-state index contributed by atoms with van der Waals surface area (Å²) in [6, 6.07) is 11.6. The van der Waals surface area contributed by atoms with E-state index in [1.165, 1.54) is 0 Å². The Morgan fingerprint density at radius 1 is 1.13 bits per heavy atom. The van der Waals surface area contributed by atoms with Gasteiger partial charge in [0, 0.05) is 54.6 Å². The number of hydrogen-bond donors (Lipinski definition) is 1. The normalized spacial score (nSPS) is 16.5.